The Kier molecular flexibility index (Phi) is 6.50. The van der Waals surface area contributed by atoms with Crippen LogP contribution in [0.1, 0.15) is 32.1 Å². The van der Waals surface area contributed by atoms with E-state index in [0.29, 0.717) is 6.54 Å². The predicted molar refractivity (Wildman–Crippen MR) is 97.6 cm³/mol. The molecule has 1 atom stereocenters. The molecule has 7 nitrogen and oxygen atoms in total. The minimum Gasteiger partial charge on any atom is -0.329 e. The Morgan fingerprint density at radius 3 is 2.40 bits per heavy atom. The first-order valence-corrected chi connectivity index (χ1v) is 11.1. The second-order valence-corrected chi connectivity index (χ2v) is 9.98. The molecule has 10 heteroatoms. The van der Waals surface area contributed by atoms with E-state index in [1.807, 2.05) is 0 Å². The lowest BCUT2D eigenvalue weighted by Gasteiger charge is -2.33. The number of nitrogens with zero attached hydrogens (tertiary/aromatic N) is 1. The summed E-state index contributed by atoms with van der Waals surface area (Å²) in [6.07, 6.45) is 4.12. The van der Waals surface area contributed by atoms with Crippen molar-refractivity contribution in [3.05, 3.63) is 24.3 Å². The maximum absolute atomic E-state index is 12.9. The minimum absolute atomic E-state index is 0. The molecule has 1 aromatic rings. The van der Waals surface area contributed by atoms with E-state index in [4.69, 9.17) is 5.73 Å². The number of nitrogens with two attached hydrogens (primary N) is 1. The molecule has 1 saturated carbocycles. The first kappa shape index (κ1) is 20.6. The predicted octanol–water partition coefficient (Wildman–Crippen LogP) is 1.05. The third kappa shape index (κ3) is 4.53. The highest BCUT2D eigenvalue weighted by molar-refractivity contribution is 7.90. The van der Waals surface area contributed by atoms with Crippen LogP contribution in [0.4, 0.5) is 0 Å². The molecule has 3 N–H and O–H groups in total. The summed E-state index contributed by atoms with van der Waals surface area (Å²) in [6.45, 7) is 0.682. The van der Waals surface area contributed by atoms with E-state index >= 15 is 0 Å². The van der Waals surface area contributed by atoms with Crippen LogP contribution in [0.3, 0.4) is 0 Å². The average Bonchev–Trinajstić information content (AvgIpc) is 3.38. The first-order valence-electron chi connectivity index (χ1n) is 8.19. The first-order chi connectivity index (χ1) is 11.3. The van der Waals surface area contributed by atoms with Crippen LogP contribution in [-0.4, -0.2) is 46.3 Å². The fraction of sp³-hybridized carbons (Fsp3) is 0.600. The number of halogens is 1. The second-order valence-electron chi connectivity index (χ2n) is 6.37. The van der Waals surface area contributed by atoms with Crippen LogP contribution in [0, 0.1) is 0 Å². The Morgan fingerprint density at radius 1 is 1.08 bits per heavy atom. The Bertz CT molecular complexity index is 810. The van der Waals surface area contributed by atoms with Crippen molar-refractivity contribution in [2.24, 2.45) is 5.73 Å². The van der Waals surface area contributed by atoms with Crippen molar-refractivity contribution in [1.29, 1.82) is 0 Å². The fourth-order valence-corrected chi connectivity index (χ4v) is 6.13. The highest BCUT2D eigenvalue weighted by Crippen LogP contribution is 2.27. The van der Waals surface area contributed by atoms with Gasteiger partial charge in [0.25, 0.3) is 0 Å². The smallest absolute Gasteiger partial charge is 0.243 e. The SMILES string of the molecule is Cl.NCC1CCCCN1S(=O)(=O)c1cccc(S(=O)(=O)NC2CC2)c1. The lowest BCUT2D eigenvalue weighted by molar-refractivity contribution is 0.257. The number of nitrogens with one attached hydrogen (secondary N) is 1. The van der Waals surface area contributed by atoms with E-state index in [0.717, 1.165) is 32.1 Å². The molecule has 1 unspecified atom stereocenters. The van der Waals surface area contributed by atoms with Crippen LogP contribution in [-0.2, 0) is 20.0 Å². The zero-order valence-corrected chi connectivity index (χ0v) is 16.2. The minimum atomic E-state index is -3.76. The van der Waals surface area contributed by atoms with Crippen LogP contribution in [0.5, 0.6) is 0 Å². The van der Waals surface area contributed by atoms with Gasteiger partial charge in [-0.15, -0.1) is 12.4 Å². The lowest BCUT2D eigenvalue weighted by atomic mass is 10.1. The van der Waals surface area contributed by atoms with Crippen LogP contribution in [0.15, 0.2) is 34.1 Å². The van der Waals surface area contributed by atoms with Crippen LogP contribution in [0.2, 0.25) is 0 Å². The number of rotatable bonds is 6. The van der Waals surface area contributed by atoms with E-state index in [-0.39, 0.29) is 40.8 Å². The van der Waals surface area contributed by atoms with Gasteiger partial charge in [0.2, 0.25) is 20.0 Å². The van der Waals surface area contributed by atoms with Crippen LogP contribution < -0.4 is 10.5 Å². The summed E-state index contributed by atoms with van der Waals surface area (Å²) in [5.41, 5.74) is 5.72. The number of hydrogen-bond acceptors (Lipinski definition) is 5. The zero-order chi connectivity index (χ0) is 17.4. The molecule has 25 heavy (non-hydrogen) atoms. The van der Waals surface area contributed by atoms with Crippen molar-refractivity contribution >= 4 is 32.5 Å². The van der Waals surface area contributed by atoms with Gasteiger partial charge in [0.05, 0.1) is 9.79 Å². The molecule has 142 valence electrons. The van der Waals surface area contributed by atoms with Gasteiger partial charge in [0.15, 0.2) is 0 Å². The summed E-state index contributed by atoms with van der Waals surface area (Å²) in [5.74, 6) is 0. The summed E-state index contributed by atoms with van der Waals surface area (Å²) in [7, 11) is -7.45. The van der Waals surface area contributed by atoms with Gasteiger partial charge >= 0.3 is 0 Å². The monoisotopic (exact) mass is 409 g/mol. The molecule has 1 aliphatic carbocycles. The summed E-state index contributed by atoms with van der Waals surface area (Å²) in [4.78, 5) is -0.0155. The van der Waals surface area contributed by atoms with Crippen molar-refractivity contribution in [1.82, 2.24) is 9.03 Å². The fourth-order valence-electron chi connectivity index (χ4n) is 2.95. The highest BCUT2D eigenvalue weighted by atomic mass is 35.5. The third-order valence-corrected chi connectivity index (χ3v) is 7.93. The van der Waals surface area contributed by atoms with Gasteiger partial charge in [0, 0.05) is 25.2 Å². The zero-order valence-electron chi connectivity index (χ0n) is 13.8. The Labute approximate surface area is 155 Å². The Morgan fingerprint density at radius 2 is 1.76 bits per heavy atom. The molecule has 1 heterocycles. The van der Waals surface area contributed by atoms with E-state index in [1.165, 1.54) is 28.6 Å². The summed E-state index contributed by atoms with van der Waals surface area (Å²) in [6, 6.07) is 5.30. The van der Waals surface area contributed by atoms with Crippen molar-refractivity contribution in [2.75, 3.05) is 13.1 Å². The number of piperidine rings is 1. The van der Waals surface area contributed by atoms with E-state index in [1.54, 1.807) is 0 Å². The molecule has 1 saturated heterocycles. The molecule has 0 amide bonds. The number of hydrogen-bond donors (Lipinski definition) is 2. The maximum Gasteiger partial charge on any atom is 0.243 e. The Hall–Kier alpha value is -0.710. The van der Waals surface area contributed by atoms with E-state index in [2.05, 4.69) is 4.72 Å². The van der Waals surface area contributed by atoms with E-state index in [9.17, 15) is 16.8 Å². The van der Waals surface area contributed by atoms with Gasteiger partial charge in [-0.25, -0.2) is 21.6 Å². The lowest BCUT2D eigenvalue weighted by Crippen LogP contribution is -2.47. The maximum atomic E-state index is 12.9. The quantitative estimate of drug-likeness (QED) is 0.729. The topological polar surface area (TPSA) is 110 Å². The van der Waals surface area contributed by atoms with Gasteiger partial charge < -0.3 is 5.73 Å². The van der Waals surface area contributed by atoms with Gasteiger partial charge in [-0.1, -0.05) is 12.5 Å². The molecular formula is C15H24ClN3O4S2. The molecule has 3 rings (SSSR count). The van der Waals surface area contributed by atoms with Gasteiger partial charge in [-0.05, 0) is 43.9 Å². The molecule has 1 aromatic carbocycles. The van der Waals surface area contributed by atoms with Gasteiger partial charge in [-0.3, -0.25) is 0 Å². The number of sulfonamides is 2. The normalized spacial score (nSPS) is 22.4. The van der Waals surface area contributed by atoms with Crippen molar-refractivity contribution in [2.45, 2.75) is 54.0 Å². The third-order valence-electron chi connectivity index (χ3n) is 4.47. The molecule has 2 aliphatic rings. The average molecular weight is 410 g/mol. The molecule has 0 aromatic heterocycles. The van der Waals surface area contributed by atoms with Crippen molar-refractivity contribution < 1.29 is 16.8 Å². The Balaban J connectivity index is 0.00000225. The molecule has 2 fully saturated rings. The molecular weight excluding hydrogens is 386 g/mol. The van der Waals surface area contributed by atoms with Crippen LogP contribution >= 0.6 is 12.4 Å². The summed E-state index contributed by atoms with van der Waals surface area (Å²) < 4.78 is 54.5. The molecule has 0 radical (unpaired) electrons. The molecule has 0 spiro atoms. The van der Waals surface area contributed by atoms with E-state index < -0.39 is 20.0 Å². The van der Waals surface area contributed by atoms with Gasteiger partial charge in [-0.2, -0.15) is 4.31 Å². The summed E-state index contributed by atoms with van der Waals surface area (Å²) in [5, 5.41) is 0. The number of benzene rings is 1. The highest BCUT2D eigenvalue weighted by Gasteiger charge is 2.34. The standard InChI is InChI=1S/C15H23N3O4S2.ClH/c16-11-13-4-1-2-9-18(13)24(21,22)15-6-3-5-14(10-15)23(19,20)17-12-7-8-12;/h3,5-6,10,12-13,17H,1-2,4,7-9,11,16H2;1H. The van der Waals surface area contributed by atoms with Crippen LogP contribution in [0.25, 0.3) is 0 Å². The second kappa shape index (κ2) is 7.89. The van der Waals surface area contributed by atoms with Crippen molar-refractivity contribution in [3.8, 4) is 0 Å². The summed E-state index contributed by atoms with van der Waals surface area (Å²) >= 11 is 0. The van der Waals surface area contributed by atoms with Gasteiger partial charge in [0.1, 0.15) is 0 Å². The molecule has 0 bridgehead atoms. The van der Waals surface area contributed by atoms with Crippen molar-refractivity contribution in [3.63, 3.8) is 0 Å². The largest absolute Gasteiger partial charge is 0.329 e. The molecule has 1 aliphatic heterocycles.